The van der Waals surface area contributed by atoms with Gasteiger partial charge in [-0.15, -0.1) is 0 Å². The Hall–Kier alpha value is -5.31. The second-order valence-corrected chi connectivity index (χ2v) is 14.0. The maximum atomic E-state index is 13.7. The number of nitrogens with one attached hydrogen (secondary N) is 1. The molecule has 0 spiro atoms. The first-order chi connectivity index (χ1) is 24.5. The van der Waals surface area contributed by atoms with Crippen LogP contribution >= 0.6 is 0 Å². The fourth-order valence-electron chi connectivity index (χ4n) is 6.02. The number of amides is 2. The van der Waals surface area contributed by atoms with Crippen LogP contribution in [0.1, 0.15) is 81.3 Å². The van der Waals surface area contributed by atoms with E-state index in [1.165, 1.54) is 36.7 Å². The van der Waals surface area contributed by atoms with Gasteiger partial charge in [0.2, 0.25) is 5.91 Å². The monoisotopic (exact) mass is 688 g/mol. The summed E-state index contributed by atoms with van der Waals surface area (Å²) in [4.78, 5) is 49.5. The fourth-order valence-corrected chi connectivity index (χ4v) is 6.02. The number of carboxylic acids is 1. The molecule has 2 unspecified atom stereocenters. The van der Waals surface area contributed by atoms with Crippen LogP contribution in [0.5, 0.6) is 5.75 Å². The number of hydrogen-bond donors (Lipinski definition) is 2. The SMILES string of the molecule is CCCCCCCOc1ccc(-c2cnc(-c3ccc(CC(NC(=O)c4ccc(C(C)(C)C)cc4)C(=O)N4CC=CC4C(=O)O)cc3)nc2)cc1. The maximum absolute atomic E-state index is 13.7. The van der Waals surface area contributed by atoms with Gasteiger partial charge in [0.15, 0.2) is 5.82 Å². The molecule has 1 aliphatic heterocycles. The highest BCUT2D eigenvalue weighted by molar-refractivity contribution is 5.98. The number of benzene rings is 3. The first-order valence-corrected chi connectivity index (χ1v) is 17.8. The molecule has 0 saturated heterocycles. The number of carbonyl (C=O) groups excluding carboxylic acids is 2. The Morgan fingerprint density at radius 2 is 1.51 bits per heavy atom. The van der Waals surface area contributed by atoms with E-state index in [1.807, 2.05) is 60.7 Å². The van der Waals surface area contributed by atoms with Gasteiger partial charge in [0.05, 0.1) is 6.61 Å². The minimum absolute atomic E-state index is 0.0734. The number of aliphatic carboxylic acids is 1. The van der Waals surface area contributed by atoms with Crippen LogP contribution in [0.15, 0.2) is 97.3 Å². The zero-order valence-corrected chi connectivity index (χ0v) is 30.0. The molecule has 2 heterocycles. The third-order valence-corrected chi connectivity index (χ3v) is 9.12. The second-order valence-electron chi connectivity index (χ2n) is 14.0. The quantitative estimate of drug-likeness (QED) is 0.0972. The van der Waals surface area contributed by atoms with E-state index in [-0.39, 0.29) is 18.4 Å². The zero-order valence-electron chi connectivity index (χ0n) is 30.0. The molecule has 5 rings (SSSR count). The predicted octanol–water partition coefficient (Wildman–Crippen LogP) is 7.65. The van der Waals surface area contributed by atoms with Crippen molar-refractivity contribution in [1.29, 1.82) is 0 Å². The van der Waals surface area contributed by atoms with Crippen molar-refractivity contribution < 1.29 is 24.2 Å². The molecule has 266 valence electrons. The average molecular weight is 689 g/mol. The minimum atomic E-state index is -1.12. The van der Waals surface area contributed by atoms with Gasteiger partial charge < -0.3 is 20.1 Å². The number of ether oxygens (including phenoxy) is 1. The Morgan fingerprint density at radius 1 is 0.863 bits per heavy atom. The first-order valence-electron chi connectivity index (χ1n) is 17.8. The minimum Gasteiger partial charge on any atom is -0.494 e. The van der Waals surface area contributed by atoms with E-state index in [1.54, 1.807) is 30.6 Å². The van der Waals surface area contributed by atoms with Crippen LogP contribution in [0, 0.1) is 0 Å². The summed E-state index contributed by atoms with van der Waals surface area (Å²) in [5.41, 5.74) is 4.91. The van der Waals surface area contributed by atoms with Crippen molar-refractivity contribution in [3.05, 3.63) is 114 Å². The van der Waals surface area contributed by atoms with Crippen molar-refractivity contribution in [1.82, 2.24) is 20.2 Å². The molecule has 0 radical (unpaired) electrons. The van der Waals surface area contributed by atoms with Crippen LogP contribution < -0.4 is 10.1 Å². The van der Waals surface area contributed by atoms with Gasteiger partial charge in [-0.2, -0.15) is 0 Å². The van der Waals surface area contributed by atoms with Gasteiger partial charge in [-0.05, 0) is 52.8 Å². The van der Waals surface area contributed by atoms with Crippen LogP contribution in [-0.2, 0) is 21.4 Å². The summed E-state index contributed by atoms with van der Waals surface area (Å²) in [7, 11) is 0. The van der Waals surface area contributed by atoms with Crippen LogP contribution in [0.4, 0.5) is 0 Å². The highest BCUT2D eigenvalue weighted by atomic mass is 16.5. The van der Waals surface area contributed by atoms with E-state index >= 15 is 0 Å². The Labute approximate surface area is 300 Å². The molecule has 1 aliphatic rings. The van der Waals surface area contributed by atoms with E-state index in [4.69, 9.17) is 4.74 Å². The Kier molecular flexibility index (Phi) is 12.4. The molecule has 0 bridgehead atoms. The van der Waals surface area contributed by atoms with Crippen molar-refractivity contribution >= 4 is 17.8 Å². The molecule has 3 aromatic carbocycles. The number of unbranched alkanes of at least 4 members (excludes halogenated alkanes) is 4. The largest absolute Gasteiger partial charge is 0.494 e. The van der Waals surface area contributed by atoms with Gasteiger partial charge in [-0.25, -0.2) is 14.8 Å². The van der Waals surface area contributed by atoms with Gasteiger partial charge in [-0.3, -0.25) is 9.59 Å². The Morgan fingerprint density at radius 3 is 2.14 bits per heavy atom. The Bertz CT molecular complexity index is 1790. The molecular weight excluding hydrogens is 640 g/mol. The highest BCUT2D eigenvalue weighted by Crippen LogP contribution is 2.25. The van der Waals surface area contributed by atoms with E-state index in [9.17, 15) is 19.5 Å². The molecule has 2 atom stereocenters. The lowest BCUT2D eigenvalue weighted by Crippen LogP contribution is -2.52. The van der Waals surface area contributed by atoms with Crippen molar-refractivity contribution in [2.24, 2.45) is 0 Å². The molecule has 4 aromatic rings. The van der Waals surface area contributed by atoms with E-state index < -0.39 is 29.9 Å². The molecule has 0 saturated carbocycles. The molecule has 2 N–H and O–H groups in total. The number of hydrogen-bond acceptors (Lipinski definition) is 6. The normalized spacial score (nSPS) is 14.7. The van der Waals surface area contributed by atoms with Gasteiger partial charge in [-0.1, -0.05) is 114 Å². The van der Waals surface area contributed by atoms with Gasteiger partial charge in [0.1, 0.15) is 17.8 Å². The zero-order chi connectivity index (χ0) is 36.4. The second kappa shape index (κ2) is 17.1. The van der Waals surface area contributed by atoms with Crippen LogP contribution in [0.2, 0.25) is 0 Å². The summed E-state index contributed by atoms with van der Waals surface area (Å²) >= 11 is 0. The van der Waals surface area contributed by atoms with E-state index in [0.29, 0.717) is 11.4 Å². The van der Waals surface area contributed by atoms with Crippen molar-refractivity contribution in [3.63, 3.8) is 0 Å². The summed E-state index contributed by atoms with van der Waals surface area (Å²) in [6.07, 6.45) is 12.9. The van der Waals surface area contributed by atoms with Crippen LogP contribution in [0.25, 0.3) is 22.5 Å². The van der Waals surface area contributed by atoms with Crippen molar-refractivity contribution in [2.45, 2.75) is 83.7 Å². The van der Waals surface area contributed by atoms with E-state index in [0.717, 1.165) is 46.6 Å². The van der Waals surface area contributed by atoms with Crippen molar-refractivity contribution in [2.75, 3.05) is 13.2 Å². The van der Waals surface area contributed by atoms with Crippen LogP contribution in [0.3, 0.4) is 0 Å². The maximum Gasteiger partial charge on any atom is 0.330 e. The fraction of sp³-hybridized carbons (Fsp3) is 0.357. The summed E-state index contributed by atoms with van der Waals surface area (Å²) in [5.74, 6) is -0.579. The van der Waals surface area contributed by atoms with Crippen molar-refractivity contribution in [3.8, 4) is 28.3 Å². The molecule has 0 aliphatic carbocycles. The molecule has 1 aromatic heterocycles. The number of rotatable bonds is 15. The molecule has 2 amide bonds. The number of nitrogens with zero attached hydrogens (tertiary/aromatic N) is 3. The van der Waals surface area contributed by atoms with Gasteiger partial charge in [0, 0.05) is 42.0 Å². The topological polar surface area (TPSA) is 122 Å². The van der Waals surface area contributed by atoms with Gasteiger partial charge in [0.25, 0.3) is 5.91 Å². The lowest BCUT2D eigenvalue weighted by Gasteiger charge is -2.27. The third kappa shape index (κ3) is 9.90. The van der Waals surface area contributed by atoms with E-state index in [2.05, 4.69) is 43.0 Å². The predicted molar refractivity (Wildman–Crippen MR) is 200 cm³/mol. The standard InChI is InChI=1S/C42H48N4O5/c1-5-6-7-8-9-25-51-35-22-18-30(19-23-35)33-27-43-38(44-28-33)31-14-12-29(13-15-31)26-36(40(48)46-24-10-11-37(46)41(49)50)45-39(47)32-16-20-34(21-17-32)42(2,3)4/h10-23,27-28,36-37H,5-9,24-26H2,1-4H3,(H,45,47)(H,49,50). The molecule has 9 heteroatoms. The lowest BCUT2D eigenvalue weighted by molar-refractivity contribution is -0.147. The molecule has 0 fully saturated rings. The molecule has 9 nitrogen and oxygen atoms in total. The summed E-state index contributed by atoms with van der Waals surface area (Å²) in [6, 6.07) is 20.7. The third-order valence-electron chi connectivity index (χ3n) is 9.12. The smallest absolute Gasteiger partial charge is 0.330 e. The summed E-state index contributed by atoms with van der Waals surface area (Å²) in [5, 5.41) is 12.6. The Balaban J connectivity index is 1.25. The summed E-state index contributed by atoms with van der Waals surface area (Å²) in [6.45, 7) is 9.38. The highest BCUT2D eigenvalue weighted by Gasteiger charge is 2.35. The van der Waals surface area contributed by atoms with Gasteiger partial charge >= 0.3 is 5.97 Å². The number of aromatic nitrogens is 2. The lowest BCUT2D eigenvalue weighted by atomic mass is 9.86. The average Bonchev–Trinajstić information content (AvgIpc) is 3.64. The molecular formula is C42H48N4O5. The first kappa shape index (κ1) is 37.0. The molecule has 51 heavy (non-hydrogen) atoms. The van der Waals surface area contributed by atoms with Crippen LogP contribution in [-0.4, -0.2) is 63.0 Å². The number of carboxylic acid groups (broad SMARTS) is 1. The number of carbonyl (C=O) groups is 3. The summed E-state index contributed by atoms with van der Waals surface area (Å²) < 4.78 is 5.89.